The molecule has 8 nitrogen and oxygen atoms in total. The Bertz CT molecular complexity index is 881. The minimum Gasteiger partial charge on any atom is -0.466 e. The largest absolute Gasteiger partial charge is 0.466 e. The Balaban J connectivity index is 1.93. The van der Waals surface area contributed by atoms with Gasteiger partial charge in [0.15, 0.2) is 0 Å². The van der Waals surface area contributed by atoms with Crippen molar-refractivity contribution in [1.29, 1.82) is 0 Å². The molecule has 2 N–H and O–H groups in total. The van der Waals surface area contributed by atoms with Crippen molar-refractivity contribution in [1.82, 2.24) is 15.1 Å². The molecule has 1 heterocycles. The summed E-state index contributed by atoms with van der Waals surface area (Å²) in [6, 6.07) is 5.30. The maximum absolute atomic E-state index is 13.7. The van der Waals surface area contributed by atoms with Crippen molar-refractivity contribution in [3.63, 3.8) is 0 Å². The molecule has 1 aromatic carbocycles. The molecule has 2 aromatic rings. The average molecular weight is 418 g/mol. The number of hydrogen-bond donors (Lipinski definition) is 2. The van der Waals surface area contributed by atoms with Crippen LogP contribution in [0.15, 0.2) is 36.7 Å². The fourth-order valence-corrected chi connectivity index (χ4v) is 2.96. The van der Waals surface area contributed by atoms with Crippen LogP contribution in [0.25, 0.3) is 0 Å². The van der Waals surface area contributed by atoms with Gasteiger partial charge < -0.3 is 15.4 Å². The highest BCUT2D eigenvalue weighted by Gasteiger charge is 2.19. The molecule has 0 aliphatic carbocycles. The van der Waals surface area contributed by atoms with Gasteiger partial charge in [-0.25, -0.2) is 4.39 Å². The van der Waals surface area contributed by atoms with E-state index >= 15 is 0 Å². The van der Waals surface area contributed by atoms with Gasteiger partial charge in [-0.15, -0.1) is 0 Å². The molecule has 0 saturated heterocycles. The molecule has 0 unspecified atom stereocenters. The van der Waals surface area contributed by atoms with E-state index in [9.17, 15) is 18.8 Å². The van der Waals surface area contributed by atoms with E-state index in [4.69, 9.17) is 4.74 Å². The second-order valence-corrected chi connectivity index (χ2v) is 7.26. The van der Waals surface area contributed by atoms with Gasteiger partial charge in [0.1, 0.15) is 12.4 Å². The van der Waals surface area contributed by atoms with Gasteiger partial charge in [0.05, 0.1) is 30.5 Å². The van der Waals surface area contributed by atoms with E-state index in [0.29, 0.717) is 12.1 Å². The molecule has 1 atom stereocenters. The summed E-state index contributed by atoms with van der Waals surface area (Å²) >= 11 is 0. The first-order valence-electron chi connectivity index (χ1n) is 9.81. The van der Waals surface area contributed by atoms with Crippen LogP contribution in [-0.4, -0.2) is 40.2 Å². The number of esters is 1. The minimum atomic E-state index is -0.625. The monoisotopic (exact) mass is 418 g/mol. The SMILES string of the molecule is CCOC(=O)C[C@H](CC(C)C)NC(=O)Cn1cc(NC(=O)c2ccccc2F)cn1. The van der Waals surface area contributed by atoms with Crippen LogP contribution in [0.1, 0.15) is 44.0 Å². The third kappa shape index (κ3) is 7.31. The number of hydrogen-bond acceptors (Lipinski definition) is 5. The number of rotatable bonds is 10. The van der Waals surface area contributed by atoms with Crippen LogP contribution in [0.5, 0.6) is 0 Å². The minimum absolute atomic E-state index is 0.0847. The molecule has 9 heteroatoms. The lowest BCUT2D eigenvalue weighted by molar-refractivity contribution is -0.143. The zero-order valence-electron chi connectivity index (χ0n) is 17.4. The fraction of sp³-hybridized carbons (Fsp3) is 0.429. The molecule has 1 aromatic heterocycles. The van der Waals surface area contributed by atoms with Crippen molar-refractivity contribution in [3.8, 4) is 0 Å². The normalized spacial score (nSPS) is 11.8. The molecule has 0 bridgehead atoms. The van der Waals surface area contributed by atoms with Crippen molar-refractivity contribution in [2.24, 2.45) is 5.92 Å². The van der Waals surface area contributed by atoms with Gasteiger partial charge in [-0.1, -0.05) is 26.0 Å². The molecule has 0 spiro atoms. The van der Waals surface area contributed by atoms with Gasteiger partial charge in [-0.2, -0.15) is 5.10 Å². The lowest BCUT2D eigenvalue weighted by atomic mass is 10.0. The molecule has 0 fully saturated rings. The number of aromatic nitrogens is 2. The van der Waals surface area contributed by atoms with Crippen LogP contribution in [0.3, 0.4) is 0 Å². The van der Waals surface area contributed by atoms with E-state index in [1.165, 1.54) is 35.3 Å². The molecule has 0 saturated carbocycles. The van der Waals surface area contributed by atoms with E-state index < -0.39 is 11.7 Å². The van der Waals surface area contributed by atoms with Crippen LogP contribution in [0, 0.1) is 11.7 Å². The molecule has 30 heavy (non-hydrogen) atoms. The van der Waals surface area contributed by atoms with Crippen molar-refractivity contribution < 1.29 is 23.5 Å². The van der Waals surface area contributed by atoms with Gasteiger partial charge in [-0.3, -0.25) is 19.1 Å². The summed E-state index contributed by atoms with van der Waals surface area (Å²) < 4.78 is 20.0. The number of carbonyl (C=O) groups is 3. The van der Waals surface area contributed by atoms with E-state index in [2.05, 4.69) is 15.7 Å². The number of amides is 2. The Hall–Kier alpha value is -3.23. The maximum Gasteiger partial charge on any atom is 0.307 e. The van der Waals surface area contributed by atoms with Crippen LogP contribution in [-0.2, 0) is 20.9 Å². The smallest absolute Gasteiger partial charge is 0.307 e. The van der Waals surface area contributed by atoms with Crippen LogP contribution in [0.2, 0.25) is 0 Å². The lowest BCUT2D eigenvalue weighted by Crippen LogP contribution is -2.39. The summed E-state index contributed by atoms with van der Waals surface area (Å²) in [4.78, 5) is 36.3. The highest BCUT2D eigenvalue weighted by Crippen LogP contribution is 2.12. The second kappa shape index (κ2) is 11.1. The standard InChI is InChI=1S/C21H27FN4O4/c1-4-30-20(28)10-15(9-14(2)3)24-19(27)13-26-12-16(11-23-26)25-21(29)17-7-5-6-8-18(17)22/h5-8,11-12,14-15H,4,9-10,13H2,1-3H3,(H,24,27)(H,25,29)/t15-/m0/s1. The Kier molecular flexibility index (Phi) is 8.52. The van der Waals surface area contributed by atoms with Crippen LogP contribution < -0.4 is 10.6 Å². The molecule has 0 aliphatic rings. The van der Waals surface area contributed by atoms with Crippen molar-refractivity contribution in [2.75, 3.05) is 11.9 Å². The zero-order valence-corrected chi connectivity index (χ0v) is 17.4. The first-order chi connectivity index (χ1) is 14.3. The molecule has 0 radical (unpaired) electrons. The number of ether oxygens (including phenoxy) is 1. The Morgan fingerprint density at radius 2 is 1.97 bits per heavy atom. The molecule has 0 aliphatic heterocycles. The molecule has 162 valence electrons. The Morgan fingerprint density at radius 1 is 1.23 bits per heavy atom. The molecule has 2 amide bonds. The molecular formula is C21H27FN4O4. The van der Waals surface area contributed by atoms with E-state index in [0.717, 1.165) is 0 Å². The summed E-state index contributed by atoms with van der Waals surface area (Å²) in [5, 5.41) is 9.42. The van der Waals surface area contributed by atoms with E-state index in [1.54, 1.807) is 13.0 Å². The average Bonchev–Trinajstić information content (AvgIpc) is 3.08. The fourth-order valence-electron chi connectivity index (χ4n) is 2.96. The Labute approximate surface area is 174 Å². The summed E-state index contributed by atoms with van der Waals surface area (Å²) in [7, 11) is 0. The van der Waals surface area contributed by atoms with E-state index in [-0.39, 0.29) is 49.0 Å². The number of benzene rings is 1. The van der Waals surface area contributed by atoms with Gasteiger partial charge in [0, 0.05) is 12.2 Å². The predicted octanol–water partition coefficient (Wildman–Crippen LogP) is 2.76. The molecule has 2 rings (SSSR count). The Morgan fingerprint density at radius 3 is 2.63 bits per heavy atom. The van der Waals surface area contributed by atoms with Crippen molar-refractivity contribution in [3.05, 3.63) is 48.0 Å². The third-order valence-corrected chi connectivity index (χ3v) is 4.15. The highest BCUT2D eigenvalue weighted by molar-refractivity contribution is 6.04. The van der Waals surface area contributed by atoms with Gasteiger partial charge in [-0.05, 0) is 31.4 Å². The van der Waals surface area contributed by atoms with Crippen LogP contribution in [0.4, 0.5) is 10.1 Å². The topological polar surface area (TPSA) is 102 Å². The maximum atomic E-state index is 13.7. The first kappa shape index (κ1) is 23.1. The summed E-state index contributed by atoms with van der Waals surface area (Å²) in [6.45, 7) is 5.93. The summed E-state index contributed by atoms with van der Waals surface area (Å²) in [5.74, 6) is -1.63. The predicted molar refractivity (Wildman–Crippen MR) is 109 cm³/mol. The summed E-state index contributed by atoms with van der Waals surface area (Å²) in [6.07, 6.45) is 3.58. The quantitative estimate of drug-likeness (QED) is 0.578. The number of nitrogens with zero attached hydrogens (tertiary/aromatic N) is 2. The second-order valence-electron chi connectivity index (χ2n) is 7.26. The van der Waals surface area contributed by atoms with Gasteiger partial charge in [0.2, 0.25) is 5.91 Å². The van der Waals surface area contributed by atoms with Crippen molar-refractivity contribution in [2.45, 2.75) is 46.2 Å². The highest BCUT2D eigenvalue weighted by atomic mass is 19.1. The van der Waals surface area contributed by atoms with Crippen molar-refractivity contribution >= 4 is 23.5 Å². The lowest BCUT2D eigenvalue weighted by Gasteiger charge is -2.19. The van der Waals surface area contributed by atoms with Gasteiger partial charge >= 0.3 is 5.97 Å². The van der Waals surface area contributed by atoms with Crippen LogP contribution >= 0.6 is 0 Å². The zero-order chi connectivity index (χ0) is 22.1. The first-order valence-corrected chi connectivity index (χ1v) is 9.81. The molecular weight excluding hydrogens is 391 g/mol. The third-order valence-electron chi connectivity index (χ3n) is 4.15. The number of nitrogens with one attached hydrogen (secondary N) is 2. The number of halogens is 1. The van der Waals surface area contributed by atoms with E-state index in [1.807, 2.05) is 13.8 Å². The van der Waals surface area contributed by atoms with Gasteiger partial charge in [0.25, 0.3) is 5.91 Å². The summed E-state index contributed by atoms with van der Waals surface area (Å²) in [5.41, 5.74) is 0.250. The number of anilines is 1. The number of carbonyl (C=O) groups excluding carboxylic acids is 3.